The molecule has 1 aliphatic heterocycles. The van der Waals surface area contributed by atoms with Crippen LogP contribution in [0.4, 0.5) is 13.2 Å². The zero-order valence-corrected chi connectivity index (χ0v) is 19.0. The highest BCUT2D eigenvalue weighted by molar-refractivity contribution is 6.00. The lowest BCUT2D eigenvalue weighted by molar-refractivity contribution is -0.137. The smallest absolute Gasteiger partial charge is 0.417 e. The van der Waals surface area contributed by atoms with Gasteiger partial charge in [0.05, 0.1) is 16.8 Å². The van der Waals surface area contributed by atoms with E-state index >= 15 is 0 Å². The predicted molar refractivity (Wildman–Crippen MR) is 124 cm³/mol. The minimum Gasteiger partial charge on any atom is -0.475 e. The first-order valence-electron chi connectivity index (χ1n) is 11.3. The summed E-state index contributed by atoms with van der Waals surface area (Å²) >= 11 is 0. The number of carbonyl (C=O) groups excluding carboxylic acids is 1. The van der Waals surface area contributed by atoms with Gasteiger partial charge in [-0.2, -0.15) is 13.2 Å². The predicted octanol–water partition coefficient (Wildman–Crippen LogP) is 5.49. The fourth-order valence-electron chi connectivity index (χ4n) is 4.53. The molecule has 0 unspecified atom stereocenters. The number of likely N-dealkylation sites (tertiary alicyclic amines) is 1. The van der Waals surface area contributed by atoms with Crippen molar-refractivity contribution in [3.05, 3.63) is 84.3 Å². The third-order valence-corrected chi connectivity index (χ3v) is 6.37. The fraction of sp³-hybridized carbons (Fsp3) is 0.269. The molecule has 0 radical (unpaired) electrons. The Bertz CT molecular complexity index is 1350. The lowest BCUT2D eigenvalue weighted by atomic mass is 9.99. The van der Waals surface area contributed by atoms with E-state index < -0.39 is 17.3 Å². The highest BCUT2D eigenvalue weighted by Crippen LogP contribution is 2.34. The average molecular weight is 480 g/mol. The van der Waals surface area contributed by atoms with Crippen molar-refractivity contribution in [2.45, 2.75) is 31.5 Å². The standard InChI is InChI=1S/C26H23F3N4O2/c1-25(17-35-21-12-11-19(16-30-21)26(27,28)29)13-7-15-33(25)24(34)22-23(18-8-3-2-4-9-18)32-14-6-5-10-20(32)31-22/h2-6,8-12,14,16H,7,13,15,17H2,1H3/t25-/m0/s1. The van der Waals surface area contributed by atoms with E-state index in [0.29, 0.717) is 30.0 Å². The highest BCUT2D eigenvalue weighted by atomic mass is 19.4. The summed E-state index contributed by atoms with van der Waals surface area (Å²) in [6.07, 6.45) is -0.369. The molecule has 6 nitrogen and oxygen atoms in total. The van der Waals surface area contributed by atoms with Crippen molar-refractivity contribution >= 4 is 11.6 Å². The first-order chi connectivity index (χ1) is 16.8. The number of hydrogen-bond acceptors (Lipinski definition) is 4. The van der Waals surface area contributed by atoms with Gasteiger partial charge in [0.2, 0.25) is 5.88 Å². The van der Waals surface area contributed by atoms with E-state index in [0.717, 1.165) is 24.2 Å². The molecule has 4 aromatic rings. The van der Waals surface area contributed by atoms with Crippen LogP contribution >= 0.6 is 0 Å². The third-order valence-electron chi connectivity index (χ3n) is 6.37. The number of aromatic nitrogens is 3. The lowest BCUT2D eigenvalue weighted by Crippen LogP contribution is -2.49. The summed E-state index contributed by atoms with van der Waals surface area (Å²) < 4.78 is 46.1. The minimum atomic E-state index is -4.46. The van der Waals surface area contributed by atoms with Gasteiger partial charge in [0.25, 0.3) is 5.91 Å². The van der Waals surface area contributed by atoms with Crippen LogP contribution < -0.4 is 4.74 Å². The first-order valence-corrected chi connectivity index (χ1v) is 11.3. The van der Waals surface area contributed by atoms with Crippen LogP contribution in [0.2, 0.25) is 0 Å². The summed E-state index contributed by atoms with van der Waals surface area (Å²) in [5.74, 6) is -0.132. The molecule has 0 aliphatic carbocycles. The minimum absolute atomic E-state index is 0.0798. The second-order valence-electron chi connectivity index (χ2n) is 8.83. The van der Waals surface area contributed by atoms with E-state index in [2.05, 4.69) is 9.97 Å². The van der Waals surface area contributed by atoms with Gasteiger partial charge in [0, 0.05) is 30.6 Å². The molecule has 1 fully saturated rings. The van der Waals surface area contributed by atoms with E-state index in [4.69, 9.17) is 4.74 Å². The zero-order chi connectivity index (χ0) is 24.6. The first kappa shape index (κ1) is 22.9. The second-order valence-corrected chi connectivity index (χ2v) is 8.83. The van der Waals surface area contributed by atoms with E-state index in [1.165, 1.54) is 6.07 Å². The number of imidazole rings is 1. The Morgan fingerprint density at radius 3 is 2.57 bits per heavy atom. The van der Waals surface area contributed by atoms with Gasteiger partial charge in [-0.3, -0.25) is 9.20 Å². The maximum absolute atomic E-state index is 13.8. The van der Waals surface area contributed by atoms with Crippen LogP contribution in [-0.2, 0) is 6.18 Å². The fourth-order valence-corrected chi connectivity index (χ4v) is 4.53. The molecular formula is C26H23F3N4O2. The molecule has 0 bridgehead atoms. The summed E-state index contributed by atoms with van der Waals surface area (Å²) in [4.78, 5) is 24.1. The van der Waals surface area contributed by atoms with Crippen LogP contribution in [0.1, 0.15) is 35.8 Å². The number of halogens is 3. The number of alkyl halides is 3. The molecule has 1 amide bonds. The SMILES string of the molecule is C[C@@]1(COc2ccc(C(F)(F)F)cn2)CCCN1C(=O)c1nc2ccccn2c1-c1ccccc1. The number of amides is 1. The van der Waals surface area contributed by atoms with Crippen LogP contribution in [0.25, 0.3) is 16.9 Å². The number of fused-ring (bicyclic) bond motifs is 1. The van der Waals surface area contributed by atoms with Crippen molar-refractivity contribution in [3.63, 3.8) is 0 Å². The summed E-state index contributed by atoms with van der Waals surface area (Å²) in [5, 5.41) is 0. The molecule has 1 aliphatic rings. The van der Waals surface area contributed by atoms with Crippen LogP contribution in [0, 0.1) is 0 Å². The van der Waals surface area contributed by atoms with E-state index in [1.807, 2.05) is 66.1 Å². The molecule has 180 valence electrons. The van der Waals surface area contributed by atoms with E-state index in [9.17, 15) is 18.0 Å². The molecule has 35 heavy (non-hydrogen) atoms. The maximum atomic E-state index is 13.8. The number of hydrogen-bond donors (Lipinski definition) is 0. The monoisotopic (exact) mass is 480 g/mol. The van der Waals surface area contributed by atoms with Crippen LogP contribution in [0.15, 0.2) is 73.1 Å². The zero-order valence-electron chi connectivity index (χ0n) is 19.0. The molecule has 9 heteroatoms. The van der Waals surface area contributed by atoms with Gasteiger partial charge in [-0.1, -0.05) is 36.4 Å². The molecule has 0 N–H and O–H groups in total. The molecule has 4 heterocycles. The summed E-state index contributed by atoms with van der Waals surface area (Å²) in [5.41, 5.74) is 1.11. The molecule has 0 saturated carbocycles. The van der Waals surface area contributed by atoms with Gasteiger partial charge in [-0.15, -0.1) is 0 Å². The topological polar surface area (TPSA) is 59.7 Å². The van der Waals surface area contributed by atoms with Crippen LogP contribution in [0.3, 0.4) is 0 Å². The summed E-state index contributed by atoms with van der Waals surface area (Å²) in [6, 6.07) is 17.4. The van der Waals surface area contributed by atoms with Crippen LogP contribution in [-0.4, -0.2) is 43.9 Å². The Balaban J connectivity index is 1.43. The molecule has 3 aromatic heterocycles. The summed E-state index contributed by atoms with van der Waals surface area (Å²) in [7, 11) is 0. The highest BCUT2D eigenvalue weighted by Gasteiger charge is 2.42. The molecule has 1 atom stereocenters. The quantitative estimate of drug-likeness (QED) is 0.379. The Labute approximate surface area is 200 Å². The largest absolute Gasteiger partial charge is 0.475 e. The molecule has 1 saturated heterocycles. The number of nitrogens with zero attached hydrogens (tertiary/aromatic N) is 4. The number of carbonyl (C=O) groups is 1. The normalized spacial score (nSPS) is 18.2. The Morgan fingerprint density at radius 1 is 1.09 bits per heavy atom. The van der Waals surface area contributed by atoms with Gasteiger partial charge in [-0.25, -0.2) is 9.97 Å². The molecule has 1 aromatic carbocycles. The Kier molecular flexibility index (Phi) is 5.70. The lowest BCUT2D eigenvalue weighted by Gasteiger charge is -2.34. The van der Waals surface area contributed by atoms with Crippen molar-refractivity contribution < 1.29 is 22.7 Å². The van der Waals surface area contributed by atoms with Crippen molar-refractivity contribution in [3.8, 4) is 17.1 Å². The van der Waals surface area contributed by atoms with Gasteiger partial charge in [0.1, 0.15) is 12.3 Å². The van der Waals surface area contributed by atoms with Crippen molar-refractivity contribution in [2.75, 3.05) is 13.2 Å². The van der Waals surface area contributed by atoms with Crippen molar-refractivity contribution in [2.24, 2.45) is 0 Å². The van der Waals surface area contributed by atoms with Crippen molar-refractivity contribution in [1.29, 1.82) is 0 Å². The molecule has 5 rings (SSSR count). The summed E-state index contributed by atoms with van der Waals surface area (Å²) in [6.45, 7) is 2.55. The third kappa shape index (κ3) is 4.34. The maximum Gasteiger partial charge on any atom is 0.417 e. The number of ether oxygens (including phenoxy) is 1. The Morgan fingerprint density at radius 2 is 1.86 bits per heavy atom. The number of benzene rings is 1. The number of pyridine rings is 2. The second kappa shape index (κ2) is 8.72. The molecule has 0 spiro atoms. The van der Waals surface area contributed by atoms with E-state index in [1.54, 1.807) is 4.90 Å². The van der Waals surface area contributed by atoms with Gasteiger partial charge >= 0.3 is 6.18 Å². The van der Waals surface area contributed by atoms with Gasteiger partial charge < -0.3 is 9.64 Å². The van der Waals surface area contributed by atoms with Crippen LogP contribution in [0.5, 0.6) is 5.88 Å². The van der Waals surface area contributed by atoms with E-state index in [-0.39, 0.29) is 18.4 Å². The van der Waals surface area contributed by atoms with Gasteiger partial charge in [0.15, 0.2) is 5.69 Å². The van der Waals surface area contributed by atoms with Gasteiger partial charge in [-0.05, 0) is 38.0 Å². The average Bonchev–Trinajstić information content (AvgIpc) is 3.44. The van der Waals surface area contributed by atoms with Crippen molar-refractivity contribution in [1.82, 2.24) is 19.3 Å². The molecular weight excluding hydrogens is 457 g/mol. The Hall–Kier alpha value is -3.88. The number of rotatable bonds is 5.